The Morgan fingerprint density at radius 1 is 0.339 bits per heavy atom. The third-order valence-electron chi connectivity index (χ3n) is 7.60. The van der Waals surface area contributed by atoms with Crippen molar-refractivity contribution in [2.24, 2.45) is 0 Å². The zero-order chi connectivity index (χ0) is 42.1. The second-order valence-corrected chi connectivity index (χ2v) is 14.2. The van der Waals surface area contributed by atoms with Crippen LogP contribution in [0.2, 0.25) is 0 Å². The van der Waals surface area contributed by atoms with Crippen molar-refractivity contribution in [3.05, 3.63) is 146 Å². The summed E-state index contributed by atoms with van der Waals surface area (Å²) in [7, 11) is -12.2. The molecule has 12 nitrogen and oxygen atoms in total. The smallest absolute Gasteiger partial charge is 0.741 e. The van der Waals surface area contributed by atoms with Crippen molar-refractivity contribution in [1.82, 2.24) is 29.9 Å². The summed E-state index contributed by atoms with van der Waals surface area (Å²) in [5.74, 6) is 0. The fourth-order valence-corrected chi connectivity index (χ4v) is 5.04. The predicted octanol–water partition coefficient (Wildman–Crippen LogP) is 8.45. The Hall–Kier alpha value is -5.95. The summed E-state index contributed by atoms with van der Waals surface area (Å²) in [6, 6.07) is 36.4. The van der Waals surface area contributed by atoms with Crippen LogP contribution in [0, 0.1) is 0 Å². The van der Waals surface area contributed by atoms with Crippen LogP contribution in [0.3, 0.4) is 0 Å². The maximum absolute atomic E-state index is 10.7. The average Bonchev–Trinajstić information content (AvgIpc) is 3.20. The average molecular weight is 891 g/mol. The molecular weight excluding hydrogens is 867 g/mol. The molecule has 0 bridgehead atoms. The molecule has 302 valence electrons. The van der Waals surface area contributed by atoms with Crippen molar-refractivity contribution < 1.29 is 69.6 Å². The minimum absolute atomic E-state index is 0. The van der Waals surface area contributed by atoms with Gasteiger partial charge in [-0.3, -0.25) is 29.9 Å². The molecule has 0 saturated carbocycles. The minimum Gasteiger partial charge on any atom is -0.741 e. The summed E-state index contributed by atoms with van der Waals surface area (Å²) in [4.78, 5) is 26.1. The van der Waals surface area contributed by atoms with E-state index >= 15 is 0 Å². The van der Waals surface area contributed by atoms with Gasteiger partial charge < -0.3 is 9.11 Å². The summed E-state index contributed by atoms with van der Waals surface area (Å²) in [5.41, 5.74) is -5.43. The van der Waals surface area contributed by atoms with Crippen LogP contribution in [-0.2, 0) is 37.6 Å². The van der Waals surface area contributed by atoms with Crippen LogP contribution in [-0.4, -0.2) is 66.9 Å². The molecule has 0 aliphatic rings. The van der Waals surface area contributed by atoms with Gasteiger partial charge in [0.15, 0.2) is 20.2 Å². The number of alkyl halides is 6. The summed E-state index contributed by atoms with van der Waals surface area (Å²) >= 11 is 0. The monoisotopic (exact) mass is 890 g/mol. The molecule has 3 aromatic carbocycles. The number of hydrogen-bond acceptors (Lipinski definition) is 12. The Kier molecular flexibility index (Phi) is 14.9. The number of halogens is 6. The van der Waals surface area contributed by atoms with Gasteiger partial charge in [-0.2, -0.15) is 26.3 Å². The summed E-state index contributed by atoms with van der Waals surface area (Å²) in [6.07, 6.45) is 10.8. The van der Waals surface area contributed by atoms with Gasteiger partial charge in [-0.1, -0.05) is 72.8 Å². The standard InChI is InChI=1S/3C12H8N2.2CHF3O3S.Cr/c3*1-3-9-5-6-10-4-2-8-14-12(10)11(9)13-7-1;2*2-1(3,4)8(5,6)7;/h3*1-8H;2*(H,5,6,7);/q;;;;;+2/p-2. The maximum Gasteiger partial charge on any atom is 2.00 e. The van der Waals surface area contributed by atoms with E-state index in [0.717, 1.165) is 65.4 Å². The zero-order valence-corrected chi connectivity index (χ0v) is 32.4. The van der Waals surface area contributed by atoms with Crippen molar-refractivity contribution in [2.45, 2.75) is 11.0 Å². The van der Waals surface area contributed by atoms with Crippen molar-refractivity contribution in [3.8, 4) is 0 Å². The van der Waals surface area contributed by atoms with Crippen molar-refractivity contribution >= 4 is 85.7 Å². The number of nitrogens with zero attached hydrogens (tertiary/aromatic N) is 6. The van der Waals surface area contributed by atoms with E-state index in [-0.39, 0.29) is 17.4 Å². The van der Waals surface area contributed by atoms with Crippen LogP contribution in [0.25, 0.3) is 65.4 Å². The molecule has 59 heavy (non-hydrogen) atoms. The molecule has 0 radical (unpaired) electrons. The van der Waals surface area contributed by atoms with Gasteiger partial charge in [-0.05, 0) is 36.4 Å². The SMILES string of the molecule is O=S(=O)([O-])C(F)(F)F.O=S(=O)([O-])C(F)(F)F.[Cr+2].c1cnc2c(c1)ccc1cccnc12.c1cnc2c(c1)ccc1cccnc12.c1cnc2c(c1)ccc1cccnc12. The fraction of sp³-hybridized carbons (Fsp3) is 0.0526. The van der Waals surface area contributed by atoms with Gasteiger partial charge in [-0.25, -0.2) is 16.8 Å². The molecule has 0 unspecified atom stereocenters. The van der Waals surface area contributed by atoms with Gasteiger partial charge in [0.05, 0.1) is 33.1 Å². The molecule has 9 rings (SSSR count). The van der Waals surface area contributed by atoms with Gasteiger partial charge in [-0.15, -0.1) is 0 Å². The van der Waals surface area contributed by atoms with Crippen molar-refractivity contribution in [2.75, 3.05) is 0 Å². The van der Waals surface area contributed by atoms with E-state index in [1.807, 2.05) is 36.4 Å². The van der Waals surface area contributed by atoms with E-state index in [9.17, 15) is 26.3 Å². The van der Waals surface area contributed by atoms with Gasteiger partial charge in [0.2, 0.25) is 0 Å². The van der Waals surface area contributed by atoms with Gasteiger partial charge in [0, 0.05) is 69.5 Å². The Labute approximate surface area is 341 Å². The van der Waals surface area contributed by atoms with Gasteiger partial charge in [0.25, 0.3) is 0 Å². The van der Waals surface area contributed by atoms with Crippen LogP contribution < -0.4 is 0 Å². The maximum atomic E-state index is 10.7. The Morgan fingerprint density at radius 2 is 0.475 bits per heavy atom. The third kappa shape index (κ3) is 11.8. The number of benzene rings is 3. The predicted molar refractivity (Wildman–Crippen MR) is 203 cm³/mol. The first-order valence-corrected chi connectivity index (χ1v) is 19.0. The van der Waals surface area contributed by atoms with E-state index < -0.39 is 31.3 Å². The van der Waals surface area contributed by atoms with Gasteiger partial charge in [0.1, 0.15) is 0 Å². The first kappa shape index (κ1) is 45.8. The molecule has 0 spiro atoms. The Balaban J connectivity index is 0.000000166. The number of pyridine rings is 6. The molecule has 0 aliphatic carbocycles. The number of hydrogen-bond donors (Lipinski definition) is 0. The van der Waals surface area contributed by atoms with Crippen LogP contribution in [0.5, 0.6) is 0 Å². The molecule has 0 atom stereocenters. The quantitative estimate of drug-likeness (QED) is 0.0612. The molecule has 0 N–H and O–H groups in total. The van der Waals surface area contributed by atoms with E-state index in [4.69, 9.17) is 25.9 Å². The number of fused-ring (bicyclic) bond motifs is 9. The van der Waals surface area contributed by atoms with E-state index in [1.165, 1.54) is 0 Å². The topological polar surface area (TPSA) is 192 Å². The molecule has 0 aliphatic heterocycles. The van der Waals surface area contributed by atoms with Crippen molar-refractivity contribution in [3.63, 3.8) is 0 Å². The van der Waals surface area contributed by atoms with E-state index in [1.54, 1.807) is 37.2 Å². The molecule has 0 saturated heterocycles. The first-order valence-electron chi connectivity index (χ1n) is 16.1. The molecule has 0 amide bonds. The van der Waals surface area contributed by atoms with E-state index in [2.05, 4.69) is 103 Å². The van der Waals surface area contributed by atoms with Crippen LogP contribution in [0.15, 0.2) is 146 Å². The molecule has 9 aromatic rings. The summed E-state index contributed by atoms with van der Waals surface area (Å²) < 4.78 is 118. The van der Waals surface area contributed by atoms with Crippen LogP contribution in [0.4, 0.5) is 26.3 Å². The molecular formula is C38H24CrF6N6O6S2. The molecule has 6 aromatic heterocycles. The van der Waals surface area contributed by atoms with Gasteiger partial charge >= 0.3 is 28.4 Å². The fourth-order valence-electron chi connectivity index (χ4n) is 5.04. The van der Waals surface area contributed by atoms with Crippen LogP contribution in [0.1, 0.15) is 0 Å². The summed E-state index contributed by atoms with van der Waals surface area (Å²) in [6.45, 7) is 0. The molecule has 6 heterocycles. The number of rotatable bonds is 0. The molecule has 0 fully saturated rings. The van der Waals surface area contributed by atoms with E-state index in [0.29, 0.717) is 0 Å². The normalized spacial score (nSPS) is 11.5. The third-order valence-corrected chi connectivity index (χ3v) is 8.73. The number of aromatic nitrogens is 6. The Bertz CT molecular complexity index is 2620. The Morgan fingerprint density at radius 3 is 0.593 bits per heavy atom. The van der Waals surface area contributed by atoms with Crippen LogP contribution >= 0.6 is 0 Å². The van der Waals surface area contributed by atoms with Crippen molar-refractivity contribution in [1.29, 1.82) is 0 Å². The second-order valence-electron chi connectivity index (χ2n) is 11.4. The minimum atomic E-state index is -6.09. The first-order chi connectivity index (χ1) is 27.3. The second kappa shape index (κ2) is 19.2. The zero-order valence-electron chi connectivity index (χ0n) is 29.5. The largest absolute Gasteiger partial charge is 2.00 e. The summed E-state index contributed by atoms with van der Waals surface area (Å²) in [5, 5.41) is 6.83. The molecule has 21 heteroatoms.